The van der Waals surface area contributed by atoms with E-state index in [1.807, 2.05) is 0 Å². The first kappa shape index (κ1) is 24.9. The van der Waals surface area contributed by atoms with Crippen LogP contribution in [-0.4, -0.2) is 71.0 Å². The first-order valence-electron chi connectivity index (χ1n) is 12.6. The molecule has 11 heteroatoms. The fourth-order valence-corrected chi connectivity index (χ4v) is 4.35. The fourth-order valence-electron chi connectivity index (χ4n) is 4.35. The van der Waals surface area contributed by atoms with Crippen molar-refractivity contribution >= 4 is 18.4 Å². The van der Waals surface area contributed by atoms with Gasteiger partial charge in [-0.25, -0.2) is 13.6 Å². The highest BCUT2D eigenvalue weighted by molar-refractivity contribution is 5.94. The highest BCUT2D eigenvalue weighted by Gasteiger charge is 2.40. The molecule has 0 radical (unpaired) electrons. The van der Waals surface area contributed by atoms with Gasteiger partial charge in [-0.1, -0.05) is 11.8 Å². The Morgan fingerprint density at radius 1 is 1.05 bits per heavy atom. The Hall–Kier alpha value is -3.81. The third kappa shape index (κ3) is 5.48. The van der Waals surface area contributed by atoms with Gasteiger partial charge in [0, 0.05) is 31.2 Å². The molecule has 3 saturated carbocycles. The molecular formula is C26H29F2N5O4. The molecule has 0 spiro atoms. The normalized spacial score (nSPS) is 20.6. The maximum atomic E-state index is 13.5. The Labute approximate surface area is 213 Å². The molecule has 3 fully saturated rings. The summed E-state index contributed by atoms with van der Waals surface area (Å²) in [5, 5.41) is 6.25. The predicted molar refractivity (Wildman–Crippen MR) is 128 cm³/mol. The van der Waals surface area contributed by atoms with Gasteiger partial charge in [-0.15, -0.1) is 0 Å². The molecule has 2 N–H and O–H groups in total. The smallest absolute Gasteiger partial charge is 0.410 e. The lowest BCUT2D eigenvalue weighted by molar-refractivity contribution is -0.126. The average Bonchev–Trinajstić information content (AvgIpc) is 3.77. The number of ether oxygens (including phenoxy) is 1. The van der Waals surface area contributed by atoms with E-state index in [4.69, 9.17) is 4.74 Å². The van der Waals surface area contributed by atoms with Gasteiger partial charge >= 0.3 is 6.09 Å². The van der Waals surface area contributed by atoms with Gasteiger partial charge in [-0.05, 0) is 57.1 Å². The van der Waals surface area contributed by atoms with Crippen molar-refractivity contribution in [2.45, 2.75) is 69.2 Å². The van der Waals surface area contributed by atoms with E-state index in [1.165, 1.54) is 11.0 Å². The van der Waals surface area contributed by atoms with Gasteiger partial charge in [0.1, 0.15) is 17.3 Å². The van der Waals surface area contributed by atoms with Crippen LogP contribution in [0.3, 0.4) is 0 Å². The zero-order valence-corrected chi connectivity index (χ0v) is 20.5. The SMILES string of the molecule is CN(C(=O)C1=C(N(C=O)C2CC2)NC(C#CCN(C(=O)Oc2ccc(F)c(F)c2)C2CCC2)N1)C1CC1. The van der Waals surface area contributed by atoms with Gasteiger partial charge in [0.25, 0.3) is 5.91 Å². The highest BCUT2D eigenvalue weighted by Crippen LogP contribution is 2.32. The summed E-state index contributed by atoms with van der Waals surface area (Å²) < 4.78 is 32.0. The molecule has 1 unspecified atom stereocenters. The van der Waals surface area contributed by atoms with Crippen LogP contribution in [0.25, 0.3) is 0 Å². The van der Waals surface area contributed by atoms with Crippen molar-refractivity contribution in [3.63, 3.8) is 0 Å². The Kier molecular flexibility index (Phi) is 6.91. The Morgan fingerprint density at radius 2 is 1.78 bits per heavy atom. The van der Waals surface area contributed by atoms with Crippen LogP contribution < -0.4 is 15.4 Å². The van der Waals surface area contributed by atoms with Crippen LogP contribution in [0, 0.1) is 23.5 Å². The predicted octanol–water partition coefficient (Wildman–Crippen LogP) is 2.25. The molecule has 1 aliphatic heterocycles. The van der Waals surface area contributed by atoms with Gasteiger partial charge in [0.2, 0.25) is 6.41 Å². The summed E-state index contributed by atoms with van der Waals surface area (Å²) in [4.78, 5) is 42.4. The Bertz CT molecular complexity index is 1180. The Balaban J connectivity index is 1.27. The largest absolute Gasteiger partial charge is 0.416 e. The second-order valence-corrected chi connectivity index (χ2v) is 9.81. The van der Waals surface area contributed by atoms with Crippen LogP contribution in [0.15, 0.2) is 29.7 Å². The number of hydrogen-bond donors (Lipinski definition) is 2. The maximum Gasteiger partial charge on any atom is 0.416 e. The molecule has 1 aromatic carbocycles. The Morgan fingerprint density at radius 3 is 2.38 bits per heavy atom. The van der Waals surface area contributed by atoms with Gasteiger partial charge in [-0.2, -0.15) is 0 Å². The third-order valence-corrected chi connectivity index (χ3v) is 7.09. The number of nitrogens with one attached hydrogen (secondary N) is 2. The minimum absolute atomic E-state index is 0.0493. The minimum atomic E-state index is -1.10. The van der Waals surface area contributed by atoms with E-state index in [1.54, 1.807) is 16.8 Å². The summed E-state index contributed by atoms with van der Waals surface area (Å²) >= 11 is 0. The van der Waals surface area contributed by atoms with E-state index in [0.717, 1.165) is 63.5 Å². The van der Waals surface area contributed by atoms with Crippen molar-refractivity contribution in [3.8, 4) is 17.6 Å². The summed E-state index contributed by atoms with van der Waals surface area (Å²) in [6.07, 6.45) is 5.62. The van der Waals surface area contributed by atoms with Crippen molar-refractivity contribution in [2.75, 3.05) is 13.6 Å². The van der Waals surface area contributed by atoms with Gasteiger partial charge in [-0.3, -0.25) is 19.4 Å². The van der Waals surface area contributed by atoms with E-state index in [9.17, 15) is 23.2 Å². The molecular weight excluding hydrogens is 484 g/mol. The molecule has 37 heavy (non-hydrogen) atoms. The molecule has 0 saturated heterocycles. The fraction of sp³-hybridized carbons (Fsp3) is 0.500. The second-order valence-electron chi connectivity index (χ2n) is 9.81. The third-order valence-electron chi connectivity index (χ3n) is 7.09. The molecule has 9 nitrogen and oxygen atoms in total. The van der Waals surface area contributed by atoms with Crippen LogP contribution in [0.4, 0.5) is 13.6 Å². The van der Waals surface area contributed by atoms with E-state index < -0.39 is 23.9 Å². The van der Waals surface area contributed by atoms with Gasteiger partial charge < -0.3 is 20.3 Å². The molecule has 1 atom stereocenters. The number of carbonyl (C=O) groups excluding carboxylic acids is 3. The summed E-state index contributed by atoms with van der Waals surface area (Å²) in [5.74, 6) is 3.97. The molecule has 1 heterocycles. The lowest BCUT2D eigenvalue weighted by Gasteiger charge is -2.35. The van der Waals surface area contributed by atoms with Crippen molar-refractivity contribution < 1.29 is 27.9 Å². The molecule has 5 rings (SSSR count). The van der Waals surface area contributed by atoms with Crippen molar-refractivity contribution in [1.29, 1.82) is 0 Å². The summed E-state index contributed by atoms with van der Waals surface area (Å²) in [7, 11) is 1.75. The quantitative estimate of drug-likeness (QED) is 0.409. The molecule has 196 valence electrons. The number of rotatable bonds is 8. The summed E-state index contributed by atoms with van der Waals surface area (Å²) in [6.45, 7) is 0.0493. The van der Waals surface area contributed by atoms with Crippen LogP contribution in [0.1, 0.15) is 44.9 Å². The summed E-state index contributed by atoms with van der Waals surface area (Å²) in [5.41, 5.74) is 0.307. The molecule has 4 aliphatic rings. The van der Waals surface area contributed by atoms with Crippen LogP contribution in [-0.2, 0) is 9.59 Å². The van der Waals surface area contributed by atoms with Crippen molar-refractivity contribution in [3.05, 3.63) is 41.4 Å². The number of hydrogen-bond acceptors (Lipinski definition) is 6. The van der Waals surface area contributed by atoms with Gasteiger partial charge in [0.05, 0.1) is 6.54 Å². The first-order valence-corrected chi connectivity index (χ1v) is 12.6. The van der Waals surface area contributed by atoms with Crippen LogP contribution in [0.5, 0.6) is 5.75 Å². The van der Waals surface area contributed by atoms with E-state index >= 15 is 0 Å². The average molecular weight is 514 g/mol. The molecule has 3 amide bonds. The van der Waals surface area contributed by atoms with Crippen LogP contribution >= 0.6 is 0 Å². The number of nitrogens with zero attached hydrogens (tertiary/aromatic N) is 3. The maximum absolute atomic E-state index is 13.5. The number of amides is 3. The zero-order valence-electron chi connectivity index (χ0n) is 20.5. The summed E-state index contributed by atoms with van der Waals surface area (Å²) in [6, 6.07) is 3.12. The van der Waals surface area contributed by atoms with E-state index in [0.29, 0.717) is 11.5 Å². The number of likely N-dealkylation sites (N-methyl/N-ethyl adjacent to an activating group) is 1. The monoisotopic (exact) mass is 513 g/mol. The van der Waals surface area contributed by atoms with Gasteiger partial charge in [0.15, 0.2) is 17.8 Å². The number of halogens is 2. The van der Waals surface area contributed by atoms with Crippen molar-refractivity contribution in [1.82, 2.24) is 25.3 Å². The van der Waals surface area contributed by atoms with Crippen molar-refractivity contribution in [2.24, 2.45) is 0 Å². The molecule has 0 bridgehead atoms. The number of carbonyl (C=O) groups is 3. The topological polar surface area (TPSA) is 94.2 Å². The standard InChI is InChI=1S/C26H29F2N5O4/c1-31(16-7-8-16)25(35)23-24(33(15-34)18-9-10-18)30-22(29-23)6-3-13-32(17-4-2-5-17)26(36)37-19-11-12-20(27)21(28)14-19/h11-12,14-18,22,29-30H,2,4-5,7-10,13H2,1H3. The first-order chi connectivity index (χ1) is 17.9. The van der Waals surface area contributed by atoms with E-state index in [-0.39, 0.29) is 36.3 Å². The zero-order chi connectivity index (χ0) is 26.1. The van der Waals surface area contributed by atoms with Crippen LogP contribution in [0.2, 0.25) is 0 Å². The highest BCUT2D eigenvalue weighted by atomic mass is 19.2. The second kappa shape index (κ2) is 10.3. The number of benzene rings is 1. The lowest BCUT2D eigenvalue weighted by atomic mass is 9.92. The molecule has 3 aliphatic carbocycles. The molecule has 1 aromatic rings. The minimum Gasteiger partial charge on any atom is -0.410 e. The lowest BCUT2D eigenvalue weighted by Crippen LogP contribution is -2.46. The van der Waals surface area contributed by atoms with E-state index in [2.05, 4.69) is 22.5 Å². The molecule has 0 aromatic heterocycles.